The highest BCUT2D eigenvalue weighted by atomic mass is 16.6. The summed E-state index contributed by atoms with van der Waals surface area (Å²) in [6, 6.07) is 0. The highest BCUT2D eigenvalue weighted by molar-refractivity contribution is 5.76. The van der Waals surface area contributed by atoms with Gasteiger partial charge in [-0.1, -0.05) is 19.4 Å². The summed E-state index contributed by atoms with van der Waals surface area (Å²) in [7, 11) is 0. The Labute approximate surface area is 130 Å². The highest BCUT2D eigenvalue weighted by Gasteiger charge is 2.60. The topological polar surface area (TPSA) is 72.8 Å². The van der Waals surface area contributed by atoms with Crippen molar-refractivity contribution in [2.24, 2.45) is 17.3 Å². The van der Waals surface area contributed by atoms with E-state index in [4.69, 9.17) is 9.47 Å². The molecule has 5 heteroatoms. The number of allylic oxidation sites excluding steroid dienone is 1. The molecule has 0 radical (unpaired) electrons. The number of hydrogen-bond donors (Lipinski definition) is 1. The molecule has 6 atom stereocenters. The van der Waals surface area contributed by atoms with E-state index >= 15 is 0 Å². The Balaban J connectivity index is 2.08. The first-order valence-corrected chi connectivity index (χ1v) is 8.01. The van der Waals surface area contributed by atoms with Gasteiger partial charge in [0.1, 0.15) is 12.2 Å². The van der Waals surface area contributed by atoms with Crippen molar-refractivity contribution in [2.45, 2.75) is 65.3 Å². The molecule has 0 unspecified atom stereocenters. The minimum absolute atomic E-state index is 0.153. The Morgan fingerprint density at radius 3 is 2.77 bits per heavy atom. The first-order chi connectivity index (χ1) is 10.3. The Morgan fingerprint density at radius 1 is 1.45 bits per heavy atom. The molecule has 1 aliphatic heterocycles. The highest BCUT2D eigenvalue weighted by Crippen LogP contribution is 2.56. The van der Waals surface area contributed by atoms with E-state index in [2.05, 4.69) is 6.92 Å². The van der Waals surface area contributed by atoms with Gasteiger partial charge in [-0.05, 0) is 31.8 Å². The lowest BCUT2D eigenvalue weighted by atomic mass is 9.57. The van der Waals surface area contributed by atoms with E-state index in [-0.39, 0.29) is 29.9 Å². The van der Waals surface area contributed by atoms with Gasteiger partial charge in [-0.15, -0.1) is 0 Å². The number of ether oxygens (including phenoxy) is 2. The smallest absolute Gasteiger partial charge is 0.309 e. The molecule has 1 saturated carbocycles. The second-order valence-corrected chi connectivity index (χ2v) is 7.24. The number of carbonyl (C=O) groups is 2. The van der Waals surface area contributed by atoms with Crippen molar-refractivity contribution in [3.8, 4) is 0 Å². The van der Waals surface area contributed by atoms with Gasteiger partial charge < -0.3 is 14.6 Å². The molecule has 2 aliphatic carbocycles. The Morgan fingerprint density at radius 2 is 2.14 bits per heavy atom. The van der Waals surface area contributed by atoms with Gasteiger partial charge in [0, 0.05) is 12.3 Å². The Bertz CT molecular complexity index is 551. The molecule has 0 bridgehead atoms. The minimum atomic E-state index is -0.500. The van der Waals surface area contributed by atoms with Crippen LogP contribution in [0.1, 0.15) is 47.0 Å². The lowest BCUT2D eigenvalue weighted by Gasteiger charge is -2.51. The molecule has 0 aromatic heterocycles. The Kier molecular flexibility index (Phi) is 3.59. The zero-order valence-corrected chi connectivity index (χ0v) is 13.6. The van der Waals surface area contributed by atoms with Gasteiger partial charge in [-0.2, -0.15) is 0 Å². The maximum absolute atomic E-state index is 12.1. The van der Waals surface area contributed by atoms with E-state index in [0.29, 0.717) is 12.8 Å². The molecule has 0 aromatic rings. The predicted molar refractivity (Wildman–Crippen MR) is 78.8 cm³/mol. The van der Waals surface area contributed by atoms with Gasteiger partial charge in [0.2, 0.25) is 0 Å². The van der Waals surface area contributed by atoms with Crippen molar-refractivity contribution in [1.82, 2.24) is 0 Å². The lowest BCUT2D eigenvalue weighted by molar-refractivity contribution is -0.158. The molecule has 0 aromatic carbocycles. The summed E-state index contributed by atoms with van der Waals surface area (Å²) in [5.74, 6) is -1.04. The second kappa shape index (κ2) is 5.08. The van der Waals surface area contributed by atoms with Crippen molar-refractivity contribution < 1.29 is 24.2 Å². The summed E-state index contributed by atoms with van der Waals surface area (Å²) in [6.07, 6.45) is 0.792. The molecule has 1 heterocycles. The van der Waals surface area contributed by atoms with Crippen LogP contribution in [0.15, 0.2) is 11.1 Å². The van der Waals surface area contributed by atoms with Crippen LogP contribution in [0.25, 0.3) is 0 Å². The van der Waals surface area contributed by atoms with Crippen molar-refractivity contribution in [3.05, 3.63) is 11.1 Å². The van der Waals surface area contributed by atoms with Crippen LogP contribution in [0.3, 0.4) is 0 Å². The summed E-state index contributed by atoms with van der Waals surface area (Å²) in [6.45, 7) is 7.27. The van der Waals surface area contributed by atoms with Crippen LogP contribution >= 0.6 is 0 Å². The van der Waals surface area contributed by atoms with Crippen LogP contribution in [0.5, 0.6) is 0 Å². The first kappa shape index (κ1) is 15.5. The molecule has 2 fully saturated rings. The number of carbonyl (C=O) groups excluding carboxylic acids is 2. The van der Waals surface area contributed by atoms with Gasteiger partial charge in [0.25, 0.3) is 0 Å². The van der Waals surface area contributed by atoms with Crippen LogP contribution in [-0.2, 0) is 19.1 Å². The molecule has 122 valence electrons. The van der Waals surface area contributed by atoms with E-state index in [1.165, 1.54) is 12.5 Å². The fourth-order valence-electron chi connectivity index (χ4n) is 4.67. The number of hydrogen-bond acceptors (Lipinski definition) is 5. The molecule has 3 rings (SSSR count). The van der Waals surface area contributed by atoms with E-state index in [0.717, 1.165) is 12.0 Å². The molecule has 0 amide bonds. The molecule has 22 heavy (non-hydrogen) atoms. The van der Waals surface area contributed by atoms with E-state index in [1.807, 2.05) is 13.8 Å². The standard InChI is InChI=1S/C17H24O5/c1-8-5-6-12(19)17(4)7-11(21-10(3)18)13-9(2)16(20)22-15(13)14(8)17/h9,11-13,15,19H,5-7H2,1-4H3/t9-,11-,12-,13-,15+,17+/m1/s1. The van der Waals surface area contributed by atoms with Crippen LogP contribution in [-0.4, -0.2) is 35.4 Å². The molecule has 0 spiro atoms. The fraction of sp³-hybridized carbons (Fsp3) is 0.765. The zero-order chi connectivity index (χ0) is 16.2. The summed E-state index contributed by atoms with van der Waals surface area (Å²) in [4.78, 5) is 23.6. The zero-order valence-electron chi connectivity index (χ0n) is 13.6. The maximum atomic E-state index is 12.1. The van der Waals surface area contributed by atoms with Crippen LogP contribution in [0, 0.1) is 17.3 Å². The molecule has 5 nitrogen and oxygen atoms in total. The average molecular weight is 308 g/mol. The van der Waals surface area contributed by atoms with E-state index < -0.39 is 17.6 Å². The van der Waals surface area contributed by atoms with Gasteiger partial charge in [-0.25, -0.2) is 0 Å². The molecular formula is C17H24O5. The maximum Gasteiger partial charge on any atom is 0.309 e. The number of fused-ring (bicyclic) bond motifs is 3. The fourth-order valence-corrected chi connectivity index (χ4v) is 4.67. The van der Waals surface area contributed by atoms with Crippen molar-refractivity contribution in [2.75, 3.05) is 0 Å². The number of aliphatic hydroxyl groups excluding tert-OH is 1. The summed E-state index contributed by atoms with van der Waals surface area (Å²) >= 11 is 0. The lowest BCUT2D eigenvalue weighted by Crippen LogP contribution is -2.53. The summed E-state index contributed by atoms with van der Waals surface area (Å²) in [5.41, 5.74) is 1.76. The number of esters is 2. The summed E-state index contributed by atoms with van der Waals surface area (Å²) in [5, 5.41) is 10.6. The largest absolute Gasteiger partial charge is 0.462 e. The molecular weight excluding hydrogens is 284 g/mol. The quantitative estimate of drug-likeness (QED) is 0.592. The normalized spacial score (nSPS) is 44.2. The Hall–Kier alpha value is -1.36. The van der Waals surface area contributed by atoms with Gasteiger partial charge >= 0.3 is 11.9 Å². The van der Waals surface area contributed by atoms with E-state index in [1.54, 1.807) is 0 Å². The van der Waals surface area contributed by atoms with Crippen LogP contribution < -0.4 is 0 Å². The SMILES string of the molecule is CC(=O)O[C@@H]1C[C@]2(C)C(=C(C)CC[C@H]2O)[C@H]2OC(=O)[C@H](C)[C@@H]21. The van der Waals surface area contributed by atoms with E-state index in [9.17, 15) is 14.7 Å². The third-order valence-electron chi connectivity index (χ3n) is 5.80. The molecule has 1 saturated heterocycles. The third-order valence-corrected chi connectivity index (χ3v) is 5.80. The first-order valence-electron chi connectivity index (χ1n) is 8.01. The second-order valence-electron chi connectivity index (χ2n) is 7.24. The number of rotatable bonds is 1. The molecule has 3 aliphatic rings. The van der Waals surface area contributed by atoms with Crippen molar-refractivity contribution in [3.63, 3.8) is 0 Å². The van der Waals surface area contributed by atoms with Crippen molar-refractivity contribution >= 4 is 11.9 Å². The van der Waals surface area contributed by atoms with Crippen LogP contribution in [0.4, 0.5) is 0 Å². The minimum Gasteiger partial charge on any atom is -0.462 e. The van der Waals surface area contributed by atoms with Gasteiger partial charge in [0.05, 0.1) is 17.9 Å². The third kappa shape index (κ3) is 2.09. The van der Waals surface area contributed by atoms with Crippen LogP contribution in [0.2, 0.25) is 0 Å². The van der Waals surface area contributed by atoms with Crippen molar-refractivity contribution in [1.29, 1.82) is 0 Å². The monoisotopic (exact) mass is 308 g/mol. The molecule has 1 N–H and O–H groups in total. The van der Waals surface area contributed by atoms with Gasteiger partial charge in [-0.3, -0.25) is 9.59 Å². The predicted octanol–water partition coefficient (Wildman–Crippen LogP) is 1.98. The summed E-state index contributed by atoms with van der Waals surface area (Å²) < 4.78 is 11.2. The number of aliphatic hydroxyl groups is 1. The average Bonchev–Trinajstić information content (AvgIpc) is 2.70. The van der Waals surface area contributed by atoms with Gasteiger partial charge in [0.15, 0.2) is 0 Å².